The summed E-state index contributed by atoms with van der Waals surface area (Å²) >= 11 is 0. The van der Waals surface area contributed by atoms with Gasteiger partial charge in [0.2, 0.25) is 0 Å². The summed E-state index contributed by atoms with van der Waals surface area (Å²) in [6.45, 7) is 0.566. The summed E-state index contributed by atoms with van der Waals surface area (Å²) in [4.78, 5) is 31.2. The Hall–Kier alpha value is -4.72. The Bertz CT molecular complexity index is 1690. The third kappa shape index (κ3) is 4.61. The van der Waals surface area contributed by atoms with E-state index in [9.17, 15) is 9.18 Å². The van der Waals surface area contributed by atoms with Gasteiger partial charge in [0.1, 0.15) is 11.5 Å². The first-order valence-corrected chi connectivity index (χ1v) is 12.1. The van der Waals surface area contributed by atoms with Gasteiger partial charge in [-0.3, -0.25) is 19.3 Å². The molecule has 0 bridgehead atoms. The largest absolute Gasteiger partial charge is 0.352 e. The summed E-state index contributed by atoms with van der Waals surface area (Å²) in [6.07, 6.45) is 11.9. The van der Waals surface area contributed by atoms with E-state index in [2.05, 4.69) is 15.3 Å². The van der Waals surface area contributed by atoms with E-state index < -0.39 is 0 Å². The first-order valence-electron chi connectivity index (χ1n) is 12.1. The zero-order chi connectivity index (χ0) is 25.2. The smallest absolute Gasteiger partial charge is 0.251 e. The number of nitrogens with zero attached hydrogens (tertiary/aromatic N) is 5. The van der Waals surface area contributed by atoms with E-state index in [4.69, 9.17) is 9.97 Å². The van der Waals surface area contributed by atoms with Crippen molar-refractivity contribution in [2.75, 3.05) is 6.54 Å². The molecular formula is C29H23FN6O. The van der Waals surface area contributed by atoms with Crippen LogP contribution in [-0.2, 0) is 0 Å². The minimum absolute atomic E-state index is 0.161. The molecule has 0 atom stereocenters. The zero-order valence-corrected chi connectivity index (χ0v) is 19.9. The number of aromatic nitrogens is 4. The lowest BCUT2D eigenvalue weighted by atomic mass is 10.1. The molecule has 5 aromatic rings. The molecule has 6 rings (SSSR count). The molecule has 1 aliphatic rings. The highest BCUT2D eigenvalue weighted by atomic mass is 19.1. The lowest BCUT2D eigenvalue weighted by Gasteiger charge is -2.13. The number of carbonyl (C=O) groups excluding carboxylic acids is 1. The number of amides is 1. The van der Waals surface area contributed by atoms with Gasteiger partial charge in [-0.05, 0) is 67.4 Å². The molecule has 0 saturated carbocycles. The maximum Gasteiger partial charge on any atom is 0.251 e. The summed E-state index contributed by atoms with van der Waals surface area (Å²) in [5.74, 6) is 0.125. The molecule has 7 nitrogen and oxygen atoms in total. The topological polar surface area (TPSA) is 85.1 Å². The number of allylic oxidation sites excluding steroid dienone is 1. The van der Waals surface area contributed by atoms with Crippen molar-refractivity contribution in [2.24, 2.45) is 4.99 Å². The van der Waals surface area contributed by atoms with Crippen molar-refractivity contribution in [1.82, 2.24) is 24.8 Å². The molecule has 0 unspecified atom stereocenters. The number of aliphatic imine (C=N–C) groups is 1. The maximum atomic E-state index is 13.7. The highest BCUT2D eigenvalue weighted by Gasteiger charge is 2.16. The number of rotatable bonds is 7. The Morgan fingerprint density at radius 2 is 1.92 bits per heavy atom. The lowest BCUT2D eigenvalue weighted by Crippen LogP contribution is -2.24. The fourth-order valence-corrected chi connectivity index (χ4v) is 4.49. The van der Waals surface area contributed by atoms with Crippen LogP contribution in [0.2, 0.25) is 0 Å². The highest BCUT2D eigenvalue weighted by molar-refractivity contribution is 5.98. The van der Waals surface area contributed by atoms with Crippen molar-refractivity contribution in [3.05, 3.63) is 96.8 Å². The van der Waals surface area contributed by atoms with Gasteiger partial charge in [-0.1, -0.05) is 6.08 Å². The molecule has 182 valence electrons. The van der Waals surface area contributed by atoms with Crippen LogP contribution < -0.4 is 5.32 Å². The van der Waals surface area contributed by atoms with E-state index in [1.165, 1.54) is 12.1 Å². The number of benzene rings is 2. The number of nitrogens with one attached hydrogen (secondary N) is 1. The van der Waals surface area contributed by atoms with Crippen molar-refractivity contribution in [3.8, 4) is 17.1 Å². The summed E-state index contributed by atoms with van der Waals surface area (Å²) in [5.41, 5.74) is 5.14. The Kier molecular flexibility index (Phi) is 5.98. The van der Waals surface area contributed by atoms with Gasteiger partial charge in [0.05, 0.1) is 16.6 Å². The molecule has 0 fully saturated rings. The molecule has 4 heterocycles. The number of pyridine rings is 1. The van der Waals surface area contributed by atoms with Crippen LogP contribution in [-0.4, -0.2) is 37.7 Å². The third-order valence-electron chi connectivity index (χ3n) is 6.39. The summed E-state index contributed by atoms with van der Waals surface area (Å²) in [5, 5.41) is 3.95. The van der Waals surface area contributed by atoms with Crippen molar-refractivity contribution in [3.63, 3.8) is 0 Å². The van der Waals surface area contributed by atoms with Crippen molar-refractivity contribution in [1.29, 1.82) is 0 Å². The Labute approximate surface area is 212 Å². The monoisotopic (exact) mass is 490 g/mol. The Morgan fingerprint density at radius 1 is 1.03 bits per heavy atom. The molecule has 1 aliphatic heterocycles. The van der Waals surface area contributed by atoms with Crippen LogP contribution in [0.3, 0.4) is 0 Å². The van der Waals surface area contributed by atoms with Gasteiger partial charge in [0, 0.05) is 60.0 Å². The fourth-order valence-electron chi connectivity index (χ4n) is 4.49. The first-order chi connectivity index (χ1) is 18.2. The van der Waals surface area contributed by atoms with Crippen LogP contribution in [0, 0.1) is 5.82 Å². The number of hydrogen-bond donors (Lipinski definition) is 1. The molecule has 2 aromatic carbocycles. The molecule has 3 aromatic heterocycles. The van der Waals surface area contributed by atoms with E-state index in [1.807, 2.05) is 35.2 Å². The fraction of sp³-hybridized carbons (Fsp3) is 0.138. The molecule has 0 saturated heterocycles. The van der Waals surface area contributed by atoms with E-state index in [-0.39, 0.29) is 11.7 Å². The number of hydrogen-bond acceptors (Lipinski definition) is 5. The minimum atomic E-state index is -0.327. The SMILES string of the molecule is O=C(NCCCC1=NC=CC1)c1ccc2nc(-n3ccc4cnccc43)c(-c3ccc(F)cc3)nc2c1. The average molecular weight is 491 g/mol. The molecule has 1 amide bonds. The van der Waals surface area contributed by atoms with Gasteiger partial charge in [-0.2, -0.15) is 0 Å². The summed E-state index contributed by atoms with van der Waals surface area (Å²) in [6, 6.07) is 15.4. The van der Waals surface area contributed by atoms with Crippen LogP contribution in [0.5, 0.6) is 0 Å². The highest BCUT2D eigenvalue weighted by Crippen LogP contribution is 2.29. The van der Waals surface area contributed by atoms with Crippen LogP contribution >= 0.6 is 0 Å². The number of fused-ring (bicyclic) bond motifs is 2. The van der Waals surface area contributed by atoms with E-state index in [0.717, 1.165) is 41.4 Å². The molecule has 8 heteroatoms. The maximum absolute atomic E-state index is 13.7. The van der Waals surface area contributed by atoms with Gasteiger partial charge in [-0.25, -0.2) is 14.4 Å². The van der Waals surface area contributed by atoms with E-state index in [0.29, 0.717) is 34.7 Å². The van der Waals surface area contributed by atoms with Crippen LogP contribution in [0.1, 0.15) is 29.6 Å². The van der Waals surface area contributed by atoms with E-state index in [1.54, 1.807) is 42.7 Å². The Morgan fingerprint density at radius 3 is 2.76 bits per heavy atom. The van der Waals surface area contributed by atoms with Gasteiger partial charge < -0.3 is 5.32 Å². The first kappa shape index (κ1) is 22.7. The lowest BCUT2D eigenvalue weighted by molar-refractivity contribution is 0.0953. The van der Waals surface area contributed by atoms with Gasteiger partial charge in [0.15, 0.2) is 5.82 Å². The quantitative estimate of drug-likeness (QED) is 0.299. The van der Waals surface area contributed by atoms with Crippen molar-refractivity contribution in [2.45, 2.75) is 19.3 Å². The normalized spacial score (nSPS) is 12.8. The molecule has 0 spiro atoms. The molecule has 0 radical (unpaired) electrons. The van der Waals surface area contributed by atoms with Gasteiger partial charge in [-0.15, -0.1) is 0 Å². The Balaban J connectivity index is 1.34. The standard InChI is InChI=1S/C29H23FN6O/c30-22-8-5-19(6-9-22)27-28(36-16-12-21-18-31-15-11-26(21)36)35-24-10-7-20(17-25(24)34-27)29(37)33-14-2-4-23-3-1-13-32-23/h1,5-13,15-18H,2-4,14H2,(H,33,37). The van der Waals surface area contributed by atoms with E-state index >= 15 is 0 Å². The molecule has 0 aliphatic carbocycles. The van der Waals surface area contributed by atoms with Crippen molar-refractivity contribution < 1.29 is 9.18 Å². The third-order valence-corrected chi connectivity index (χ3v) is 6.39. The summed E-state index contributed by atoms with van der Waals surface area (Å²) < 4.78 is 15.6. The van der Waals surface area contributed by atoms with Crippen molar-refractivity contribution >= 4 is 33.6 Å². The van der Waals surface area contributed by atoms with Gasteiger partial charge in [0.25, 0.3) is 5.91 Å². The molecule has 37 heavy (non-hydrogen) atoms. The van der Waals surface area contributed by atoms with Crippen LogP contribution in [0.25, 0.3) is 39.0 Å². The second kappa shape index (κ2) is 9.73. The molecule has 1 N–H and O–H groups in total. The van der Waals surface area contributed by atoms with Gasteiger partial charge >= 0.3 is 0 Å². The van der Waals surface area contributed by atoms with Crippen LogP contribution in [0.4, 0.5) is 4.39 Å². The predicted octanol–water partition coefficient (Wildman–Crippen LogP) is 5.64. The summed E-state index contributed by atoms with van der Waals surface area (Å²) in [7, 11) is 0. The predicted molar refractivity (Wildman–Crippen MR) is 142 cm³/mol. The number of carbonyl (C=O) groups is 1. The number of halogens is 1. The molecular weight excluding hydrogens is 467 g/mol. The minimum Gasteiger partial charge on any atom is -0.352 e. The second-order valence-corrected chi connectivity index (χ2v) is 8.87. The van der Waals surface area contributed by atoms with Crippen LogP contribution in [0.15, 0.2) is 90.5 Å². The zero-order valence-electron chi connectivity index (χ0n) is 19.9. The second-order valence-electron chi connectivity index (χ2n) is 8.87. The average Bonchev–Trinajstić information content (AvgIpc) is 3.61.